The normalized spacial score (nSPS) is 15.6. The van der Waals surface area contributed by atoms with Gasteiger partial charge in [-0.1, -0.05) is 19.1 Å². The summed E-state index contributed by atoms with van der Waals surface area (Å²) in [4.78, 5) is 13.1. The van der Waals surface area contributed by atoms with E-state index >= 15 is 0 Å². The number of benzene rings is 2. The number of nitrogens with one attached hydrogen (secondary N) is 1. The zero-order valence-electron chi connectivity index (χ0n) is 19.6. The second-order valence-corrected chi connectivity index (χ2v) is 9.86. The first-order chi connectivity index (χ1) is 15.8. The van der Waals surface area contributed by atoms with E-state index in [1.807, 2.05) is 32.0 Å². The molecule has 0 aliphatic carbocycles. The van der Waals surface area contributed by atoms with Crippen LogP contribution in [0.25, 0.3) is 0 Å². The number of aryl methyl sites for hydroxylation is 1. The summed E-state index contributed by atoms with van der Waals surface area (Å²) in [6, 6.07) is 9.96. The van der Waals surface area contributed by atoms with E-state index in [0.29, 0.717) is 50.0 Å². The molecule has 1 N–H and O–H groups in total. The molecule has 1 aliphatic rings. The van der Waals surface area contributed by atoms with E-state index in [2.05, 4.69) is 5.32 Å². The predicted molar refractivity (Wildman–Crippen MR) is 125 cm³/mol. The minimum atomic E-state index is -3.71. The number of carbonyl (C=O) groups is 1. The Labute approximate surface area is 195 Å². The number of hydrogen-bond acceptors (Lipinski definition) is 6. The lowest BCUT2D eigenvalue weighted by Crippen LogP contribution is -2.41. The van der Waals surface area contributed by atoms with Gasteiger partial charge in [-0.2, -0.15) is 4.31 Å². The first kappa shape index (κ1) is 25.0. The van der Waals surface area contributed by atoms with Crippen molar-refractivity contribution in [1.29, 1.82) is 0 Å². The highest BCUT2D eigenvalue weighted by Crippen LogP contribution is 2.30. The van der Waals surface area contributed by atoms with Crippen molar-refractivity contribution in [2.75, 3.05) is 40.0 Å². The maximum absolute atomic E-state index is 13.1. The lowest BCUT2D eigenvalue weighted by molar-refractivity contribution is 0.0730. The van der Waals surface area contributed by atoms with Crippen LogP contribution in [0.3, 0.4) is 0 Å². The topological polar surface area (TPSA) is 94.2 Å². The van der Waals surface area contributed by atoms with Gasteiger partial charge in [0, 0.05) is 18.7 Å². The minimum absolute atomic E-state index is 0.142. The van der Waals surface area contributed by atoms with Gasteiger partial charge in [-0.3, -0.25) is 4.79 Å². The van der Waals surface area contributed by atoms with Crippen LogP contribution in [0, 0.1) is 6.92 Å². The monoisotopic (exact) mass is 476 g/mol. The Morgan fingerprint density at radius 2 is 1.88 bits per heavy atom. The molecule has 0 aromatic heterocycles. The molecule has 180 valence electrons. The SMILES string of the molecule is CCCOc1ccc(C(C)NC(=O)c2ccc(C)c(S(=O)(=O)N3CCOCC3)c2)cc1OC. The summed E-state index contributed by atoms with van der Waals surface area (Å²) in [6.45, 7) is 7.53. The number of ether oxygens (including phenoxy) is 3. The maximum atomic E-state index is 13.1. The van der Waals surface area contributed by atoms with Gasteiger partial charge in [0.2, 0.25) is 10.0 Å². The molecule has 1 amide bonds. The summed E-state index contributed by atoms with van der Waals surface area (Å²) in [5.74, 6) is 0.889. The van der Waals surface area contributed by atoms with Crippen molar-refractivity contribution < 1.29 is 27.4 Å². The highest BCUT2D eigenvalue weighted by Gasteiger charge is 2.28. The summed E-state index contributed by atoms with van der Waals surface area (Å²) in [5, 5.41) is 2.94. The highest BCUT2D eigenvalue weighted by molar-refractivity contribution is 7.89. The largest absolute Gasteiger partial charge is 0.493 e. The van der Waals surface area contributed by atoms with Crippen LogP contribution in [0.2, 0.25) is 0 Å². The van der Waals surface area contributed by atoms with Crippen molar-refractivity contribution in [3.63, 3.8) is 0 Å². The van der Waals surface area contributed by atoms with Gasteiger partial charge in [0.25, 0.3) is 5.91 Å². The summed E-state index contributed by atoms with van der Waals surface area (Å²) in [7, 11) is -2.13. The molecule has 2 aromatic rings. The fourth-order valence-corrected chi connectivity index (χ4v) is 5.25. The first-order valence-electron chi connectivity index (χ1n) is 11.1. The third-order valence-corrected chi connectivity index (χ3v) is 7.58. The molecule has 0 saturated carbocycles. The average molecular weight is 477 g/mol. The third kappa shape index (κ3) is 5.85. The fraction of sp³-hybridized carbons (Fsp3) is 0.458. The lowest BCUT2D eigenvalue weighted by Gasteiger charge is -2.27. The quantitative estimate of drug-likeness (QED) is 0.597. The van der Waals surface area contributed by atoms with Gasteiger partial charge in [0.05, 0.1) is 37.9 Å². The summed E-state index contributed by atoms with van der Waals surface area (Å²) in [5.41, 5.74) is 1.73. The Morgan fingerprint density at radius 1 is 1.15 bits per heavy atom. The highest BCUT2D eigenvalue weighted by atomic mass is 32.2. The Bertz CT molecular complexity index is 1080. The molecule has 3 rings (SSSR count). The molecule has 0 bridgehead atoms. The van der Waals surface area contributed by atoms with Gasteiger partial charge in [0.15, 0.2) is 11.5 Å². The van der Waals surface area contributed by atoms with Gasteiger partial charge >= 0.3 is 0 Å². The van der Waals surface area contributed by atoms with Crippen molar-refractivity contribution in [2.45, 2.75) is 38.1 Å². The van der Waals surface area contributed by atoms with Gasteiger partial charge in [0.1, 0.15) is 0 Å². The molecule has 0 radical (unpaired) electrons. The van der Waals surface area contributed by atoms with Crippen molar-refractivity contribution in [3.05, 3.63) is 53.1 Å². The number of morpholine rings is 1. The van der Waals surface area contributed by atoms with E-state index in [9.17, 15) is 13.2 Å². The maximum Gasteiger partial charge on any atom is 0.251 e. The van der Waals surface area contributed by atoms with Crippen LogP contribution in [0.4, 0.5) is 0 Å². The molecular weight excluding hydrogens is 444 g/mol. The van der Waals surface area contributed by atoms with Crippen LogP contribution in [0.15, 0.2) is 41.3 Å². The smallest absolute Gasteiger partial charge is 0.251 e. The zero-order chi connectivity index (χ0) is 24.0. The zero-order valence-corrected chi connectivity index (χ0v) is 20.4. The second-order valence-electron chi connectivity index (χ2n) is 7.95. The number of hydrogen-bond donors (Lipinski definition) is 1. The van der Waals surface area contributed by atoms with Gasteiger partial charge in [-0.15, -0.1) is 0 Å². The molecule has 0 spiro atoms. The average Bonchev–Trinajstić information content (AvgIpc) is 2.83. The van der Waals surface area contributed by atoms with Crippen LogP contribution >= 0.6 is 0 Å². The minimum Gasteiger partial charge on any atom is -0.493 e. The van der Waals surface area contributed by atoms with Gasteiger partial charge < -0.3 is 19.5 Å². The number of rotatable bonds is 9. The molecule has 1 aliphatic heterocycles. The van der Waals surface area contributed by atoms with Crippen molar-refractivity contribution in [2.24, 2.45) is 0 Å². The van der Waals surface area contributed by atoms with Gasteiger partial charge in [-0.05, 0) is 55.7 Å². The molecule has 1 unspecified atom stereocenters. The van der Waals surface area contributed by atoms with E-state index in [4.69, 9.17) is 14.2 Å². The third-order valence-electron chi connectivity index (χ3n) is 5.54. The van der Waals surface area contributed by atoms with E-state index in [1.54, 1.807) is 26.2 Å². The Balaban J connectivity index is 1.78. The van der Waals surface area contributed by atoms with Crippen molar-refractivity contribution in [3.8, 4) is 11.5 Å². The molecule has 1 fully saturated rings. The molecule has 1 atom stereocenters. The Morgan fingerprint density at radius 3 is 2.55 bits per heavy atom. The number of methoxy groups -OCH3 is 1. The molecular formula is C24H32N2O6S. The van der Waals surface area contributed by atoms with Crippen LogP contribution in [0.1, 0.15) is 47.8 Å². The first-order valence-corrected chi connectivity index (χ1v) is 12.5. The molecule has 8 nitrogen and oxygen atoms in total. The van der Waals surface area contributed by atoms with Crippen LogP contribution in [-0.2, 0) is 14.8 Å². The Kier molecular flexibility index (Phi) is 8.34. The lowest BCUT2D eigenvalue weighted by atomic mass is 10.1. The standard InChI is InChI=1S/C24H32N2O6S/c1-5-12-32-21-9-8-19(15-22(21)30-4)18(3)25-24(27)20-7-6-17(2)23(16-20)33(28,29)26-10-13-31-14-11-26/h6-9,15-16,18H,5,10-14H2,1-4H3,(H,25,27). The molecule has 2 aromatic carbocycles. The predicted octanol–water partition coefficient (Wildman–Crippen LogP) is 3.30. The number of carbonyl (C=O) groups excluding carboxylic acids is 1. The second kappa shape index (κ2) is 11.0. The fourth-order valence-electron chi connectivity index (χ4n) is 3.59. The summed E-state index contributed by atoms with van der Waals surface area (Å²) < 4.78 is 44.0. The van der Waals surface area contributed by atoms with Crippen molar-refractivity contribution >= 4 is 15.9 Å². The van der Waals surface area contributed by atoms with Crippen molar-refractivity contribution in [1.82, 2.24) is 9.62 Å². The molecule has 1 saturated heterocycles. The molecule has 1 heterocycles. The van der Waals surface area contributed by atoms with Gasteiger partial charge in [-0.25, -0.2) is 8.42 Å². The van der Waals surface area contributed by atoms with E-state index in [0.717, 1.165) is 12.0 Å². The van der Waals surface area contributed by atoms with Crippen LogP contribution < -0.4 is 14.8 Å². The van der Waals surface area contributed by atoms with E-state index in [-0.39, 0.29) is 22.4 Å². The van der Waals surface area contributed by atoms with E-state index in [1.165, 1.54) is 10.4 Å². The number of amides is 1. The van der Waals surface area contributed by atoms with Crippen LogP contribution in [-0.4, -0.2) is 58.7 Å². The number of nitrogens with zero attached hydrogens (tertiary/aromatic N) is 1. The number of sulfonamides is 1. The summed E-state index contributed by atoms with van der Waals surface area (Å²) >= 11 is 0. The Hall–Kier alpha value is -2.62. The molecule has 9 heteroatoms. The van der Waals surface area contributed by atoms with Crippen LogP contribution in [0.5, 0.6) is 11.5 Å². The summed E-state index contributed by atoms with van der Waals surface area (Å²) in [6.07, 6.45) is 0.886. The molecule has 33 heavy (non-hydrogen) atoms. The van der Waals surface area contributed by atoms with E-state index < -0.39 is 10.0 Å².